The molecule has 4 aromatic rings. The van der Waals surface area contributed by atoms with E-state index in [0.29, 0.717) is 6.04 Å². The third kappa shape index (κ3) is 3.16. The highest BCUT2D eigenvalue weighted by Crippen LogP contribution is 2.30. The molecule has 130 valence electrons. The minimum Gasteiger partial charge on any atom is -0.456 e. The molecule has 0 radical (unpaired) electrons. The molecular weight excluding hydrogens is 318 g/mol. The van der Waals surface area contributed by atoms with Crippen molar-refractivity contribution in [2.24, 2.45) is 0 Å². The third-order valence-electron chi connectivity index (χ3n) is 5.10. The summed E-state index contributed by atoms with van der Waals surface area (Å²) in [6.07, 6.45) is 0. The van der Waals surface area contributed by atoms with Crippen LogP contribution in [0.1, 0.15) is 18.5 Å². The highest BCUT2D eigenvalue weighted by Gasteiger charge is 2.09. The second kappa shape index (κ2) is 6.81. The molecule has 1 heterocycles. The van der Waals surface area contributed by atoms with Gasteiger partial charge in [0, 0.05) is 17.0 Å². The van der Waals surface area contributed by atoms with E-state index in [1.807, 2.05) is 18.2 Å². The van der Waals surface area contributed by atoms with E-state index in [1.54, 1.807) is 0 Å². The number of benzene rings is 3. The SMILES string of the molecule is CC(c1ccc(-c2ccc(-c3cc4ccccc4o3)cc2)cc1)N(C)C. The van der Waals surface area contributed by atoms with Gasteiger partial charge in [-0.3, -0.25) is 0 Å². The van der Waals surface area contributed by atoms with Crippen molar-refractivity contribution in [3.05, 3.63) is 84.4 Å². The number of para-hydroxylation sites is 1. The number of fused-ring (bicyclic) bond motifs is 1. The third-order valence-corrected chi connectivity index (χ3v) is 5.10. The van der Waals surface area contributed by atoms with E-state index < -0.39 is 0 Å². The average molecular weight is 341 g/mol. The van der Waals surface area contributed by atoms with E-state index >= 15 is 0 Å². The molecule has 0 fully saturated rings. The predicted octanol–water partition coefficient (Wildman–Crippen LogP) is 6.39. The molecule has 0 spiro atoms. The zero-order valence-electron chi connectivity index (χ0n) is 15.4. The van der Waals surface area contributed by atoms with Crippen molar-refractivity contribution in [2.45, 2.75) is 13.0 Å². The second-order valence-corrected chi connectivity index (χ2v) is 6.99. The van der Waals surface area contributed by atoms with Crippen LogP contribution in [0, 0.1) is 0 Å². The predicted molar refractivity (Wildman–Crippen MR) is 109 cm³/mol. The van der Waals surface area contributed by atoms with Gasteiger partial charge in [0.05, 0.1) is 0 Å². The van der Waals surface area contributed by atoms with Crippen LogP contribution in [0.2, 0.25) is 0 Å². The molecule has 4 rings (SSSR count). The summed E-state index contributed by atoms with van der Waals surface area (Å²) < 4.78 is 5.96. The number of hydrogen-bond acceptors (Lipinski definition) is 2. The fourth-order valence-electron chi connectivity index (χ4n) is 3.20. The zero-order chi connectivity index (χ0) is 18.1. The van der Waals surface area contributed by atoms with Crippen molar-refractivity contribution in [1.29, 1.82) is 0 Å². The standard InChI is InChI=1S/C24H23NO/c1-17(25(2)3)18-8-10-19(11-9-18)20-12-14-21(15-13-20)24-16-22-6-4-5-7-23(22)26-24/h4-17H,1-3H3. The molecule has 0 aliphatic rings. The molecule has 1 aromatic heterocycles. The van der Waals surface area contributed by atoms with Crippen molar-refractivity contribution < 1.29 is 4.42 Å². The fourth-order valence-corrected chi connectivity index (χ4v) is 3.20. The smallest absolute Gasteiger partial charge is 0.135 e. The number of furan rings is 1. The van der Waals surface area contributed by atoms with Gasteiger partial charge in [-0.05, 0) is 49.8 Å². The van der Waals surface area contributed by atoms with Crippen LogP contribution in [0.3, 0.4) is 0 Å². The van der Waals surface area contributed by atoms with Gasteiger partial charge in [-0.15, -0.1) is 0 Å². The Bertz CT molecular complexity index is 977. The molecule has 1 atom stereocenters. The molecule has 3 aromatic carbocycles. The van der Waals surface area contributed by atoms with Crippen LogP contribution in [0.15, 0.2) is 83.3 Å². The molecule has 1 unspecified atom stereocenters. The summed E-state index contributed by atoms with van der Waals surface area (Å²) in [6.45, 7) is 2.22. The van der Waals surface area contributed by atoms with Crippen molar-refractivity contribution in [1.82, 2.24) is 4.90 Å². The first-order valence-corrected chi connectivity index (χ1v) is 8.97. The van der Waals surface area contributed by atoms with Crippen LogP contribution in [0.4, 0.5) is 0 Å². The first-order chi connectivity index (χ1) is 12.6. The Labute approximate surface area is 154 Å². The largest absolute Gasteiger partial charge is 0.456 e. The normalized spacial score (nSPS) is 12.6. The van der Waals surface area contributed by atoms with Gasteiger partial charge in [0.2, 0.25) is 0 Å². The van der Waals surface area contributed by atoms with Gasteiger partial charge in [0.25, 0.3) is 0 Å². The first-order valence-electron chi connectivity index (χ1n) is 8.97. The Morgan fingerprint density at radius 2 is 1.31 bits per heavy atom. The lowest BCUT2D eigenvalue weighted by Crippen LogP contribution is -2.16. The van der Waals surface area contributed by atoms with Gasteiger partial charge in [0.1, 0.15) is 11.3 Å². The topological polar surface area (TPSA) is 16.4 Å². The number of hydrogen-bond donors (Lipinski definition) is 0. The average Bonchev–Trinajstić information content (AvgIpc) is 3.12. The zero-order valence-corrected chi connectivity index (χ0v) is 15.4. The van der Waals surface area contributed by atoms with Crippen molar-refractivity contribution in [2.75, 3.05) is 14.1 Å². The molecule has 0 bridgehead atoms. The van der Waals surface area contributed by atoms with Gasteiger partial charge >= 0.3 is 0 Å². The van der Waals surface area contributed by atoms with Crippen LogP contribution in [-0.2, 0) is 0 Å². The molecule has 26 heavy (non-hydrogen) atoms. The summed E-state index contributed by atoms with van der Waals surface area (Å²) >= 11 is 0. The molecular formula is C24H23NO. The maximum atomic E-state index is 5.96. The lowest BCUT2D eigenvalue weighted by Gasteiger charge is -2.20. The second-order valence-electron chi connectivity index (χ2n) is 6.99. The van der Waals surface area contributed by atoms with Crippen molar-refractivity contribution in [3.8, 4) is 22.5 Å². The van der Waals surface area contributed by atoms with E-state index in [4.69, 9.17) is 4.42 Å². The van der Waals surface area contributed by atoms with Gasteiger partial charge < -0.3 is 9.32 Å². The highest BCUT2D eigenvalue weighted by atomic mass is 16.3. The van der Waals surface area contributed by atoms with E-state index in [0.717, 1.165) is 22.3 Å². The Hall–Kier alpha value is -2.84. The van der Waals surface area contributed by atoms with Crippen molar-refractivity contribution in [3.63, 3.8) is 0 Å². The first kappa shape index (κ1) is 16.6. The Morgan fingerprint density at radius 3 is 1.92 bits per heavy atom. The molecule has 0 N–H and O–H groups in total. The number of nitrogens with zero attached hydrogens (tertiary/aromatic N) is 1. The summed E-state index contributed by atoms with van der Waals surface area (Å²) in [7, 11) is 4.21. The summed E-state index contributed by atoms with van der Waals surface area (Å²) in [5.74, 6) is 0.910. The van der Waals surface area contributed by atoms with Crippen LogP contribution < -0.4 is 0 Å². The van der Waals surface area contributed by atoms with E-state index in [1.165, 1.54) is 16.7 Å². The Kier molecular flexibility index (Phi) is 4.36. The summed E-state index contributed by atoms with van der Waals surface area (Å²) in [5.41, 5.74) is 5.81. The van der Waals surface area contributed by atoms with Crippen molar-refractivity contribution >= 4 is 11.0 Å². The summed E-state index contributed by atoms with van der Waals surface area (Å²) in [4.78, 5) is 2.22. The molecule has 0 aliphatic carbocycles. The lowest BCUT2D eigenvalue weighted by atomic mass is 10.00. The van der Waals surface area contributed by atoms with Crippen LogP contribution >= 0.6 is 0 Å². The Morgan fingerprint density at radius 1 is 0.731 bits per heavy atom. The van der Waals surface area contributed by atoms with Crippen LogP contribution in [-0.4, -0.2) is 19.0 Å². The minimum absolute atomic E-state index is 0.416. The molecule has 0 aliphatic heterocycles. The highest BCUT2D eigenvalue weighted by molar-refractivity contribution is 5.83. The number of rotatable bonds is 4. The maximum Gasteiger partial charge on any atom is 0.135 e. The van der Waals surface area contributed by atoms with Gasteiger partial charge in [-0.2, -0.15) is 0 Å². The van der Waals surface area contributed by atoms with Gasteiger partial charge in [-0.1, -0.05) is 66.7 Å². The molecule has 0 saturated carbocycles. The Balaban J connectivity index is 1.59. The van der Waals surface area contributed by atoms with Gasteiger partial charge in [-0.25, -0.2) is 0 Å². The van der Waals surface area contributed by atoms with E-state index in [9.17, 15) is 0 Å². The molecule has 2 nitrogen and oxygen atoms in total. The van der Waals surface area contributed by atoms with E-state index in [2.05, 4.69) is 86.6 Å². The monoisotopic (exact) mass is 341 g/mol. The lowest BCUT2D eigenvalue weighted by molar-refractivity contribution is 0.321. The quantitative estimate of drug-likeness (QED) is 0.427. The minimum atomic E-state index is 0.416. The van der Waals surface area contributed by atoms with Crippen LogP contribution in [0.25, 0.3) is 33.4 Å². The molecule has 0 amide bonds. The molecule has 0 saturated heterocycles. The summed E-state index contributed by atoms with van der Waals surface area (Å²) in [6, 6.07) is 28.0. The fraction of sp³-hybridized carbons (Fsp3) is 0.167. The maximum absolute atomic E-state index is 5.96. The van der Waals surface area contributed by atoms with Gasteiger partial charge in [0.15, 0.2) is 0 Å². The molecule has 2 heteroatoms. The summed E-state index contributed by atoms with van der Waals surface area (Å²) in [5, 5.41) is 1.14. The van der Waals surface area contributed by atoms with Crippen LogP contribution in [0.5, 0.6) is 0 Å². The van der Waals surface area contributed by atoms with E-state index in [-0.39, 0.29) is 0 Å².